The van der Waals surface area contributed by atoms with Crippen LogP contribution in [0, 0.1) is 0 Å². The number of aliphatic hydroxyl groups is 1. The third-order valence-corrected chi connectivity index (χ3v) is 4.39. The zero-order chi connectivity index (χ0) is 17.6. The first-order chi connectivity index (χ1) is 11.7. The van der Waals surface area contributed by atoms with Crippen molar-refractivity contribution in [1.29, 1.82) is 0 Å². The van der Waals surface area contributed by atoms with E-state index in [1.165, 1.54) is 51.4 Å². The van der Waals surface area contributed by atoms with Gasteiger partial charge in [-0.25, -0.2) is 4.79 Å². The maximum Gasteiger partial charge on any atom is 0.341 e. The quantitative estimate of drug-likeness (QED) is 0.206. The molecular weight excluding hydrogens is 300 g/mol. The topological polar surface area (TPSA) is 46.5 Å². The van der Waals surface area contributed by atoms with E-state index in [0.717, 1.165) is 25.7 Å². The van der Waals surface area contributed by atoms with Crippen LogP contribution in [-0.2, 0) is 9.53 Å². The number of hydrogen-bond donors (Lipinski definition) is 1. The minimum Gasteiger partial charge on any atom is -0.425 e. The van der Waals surface area contributed by atoms with Gasteiger partial charge in [0.05, 0.1) is 5.57 Å². The Kier molecular flexibility index (Phi) is 11.2. The second kappa shape index (κ2) is 13.0. The van der Waals surface area contributed by atoms with E-state index in [1.54, 1.807) is 6.08 Å². The Morgan fingerprint density at radius 1 is 0.958 bits per heavy atom. The molecule has 1 atom stereocenters. The van der Waals surface area contributed by atoms with Crippen LogP contribution in [0.25, 0.3) is 0 Å². The van der Waals surface area contributed by atoms with E-state index in [4.69, 9.17) is 4.74 Å². The van der Waals surface area contributed by atoms with Gasteiger partial charge in [-0.2, -0.15) is 0 Å². The average molecular weight is 335 g/mol. The Bertz CT molecular complexity index is 434. The molecule has 0 saturated carbocycles. The molecule has 0 aromatic rings. The number of rotatable bonds is 13. The van der Waals surface area contributed by atoms with E-state index in [2.05, 4.69) is 25.7 Å². The van der Waals surface area contributed by atoms with Gasteiger partial charge in [-0.1, -0.05) is 70.3 Å². The molecule has 0 aliphatic carbocycles. The van der Waals surface area contributed by atoms with Crippen molar-refractivity contribution < 1.29 is 14.6 Å². The molecular formula is C21H34O3. The Morgan fingerprint density at radius 2 is 1.50 bits per heavy atom. The number of hydrogen-bond acceptors (Lipinski definition) is 3. The Balaban J connectivity index is 1.95. The summed E-state index contributed by atoms with van der Waals surface area (Å²) in [4.78, 5) is 11.4. The molecule has 24 heavy (non-hydrogen) atoms. The molecule has 1 heterocycles. The highest BCUT2D eigenvalue weighted by Crippen LogP contribution is 2.23. The number of allylic oxidation sites excluding steroid dienone is 3. The predicted molar refractivity (Wildman–Crippen MR) is 99.5 cm³/mol. The van der Waals surface area contributed by atoms with Crippen LogP contribution in [-0.4, -0.2) is 17.2 Å². The van der Waals surface area contributed by atoms with Crippen LogP contribution in [0.1, 0.15) is 84.0 Å². The molecule has 0 spiro atoms. The van der Waals surface area contributed by atoms with Gasteiger partial charge in [-0.05, 0) is 38.5 Å². The minimum atomic E-state index is -0.945. The molecule has 1 saturated heterocycles. The van der Waals surface area contributed by atoms with Crippen molar-refractivity contribution in [2.45, 2.75) is 90.1 Å². The molecule has 3 nitrogen and oxygen atoms in total. The molecule has 3 heteroatoms. The number of unbranched alkanes of at least 4 members (excludes halogenated alkanes) is 10. The Morgan fingerprint density at radius 3 is 2.08 bits per heavy atom. The smallest absolute Gasteiger partial charge is 0.341 e. The van der Waals surface area contributed by atoms with Crippen molar-refractivity contribution in [1.82, 2.24) is 0 Å². The molecule has 1 aliphatic heterocycles. The molecule has 0 bridgehead atoms. The molecule has 1 fully saturated rings. The van der Waals surface area contributed by atoms with Gasteiger partial charge in [-0.15, -0.1) is 0 Å². The van der Waals surface area contributed by atoms with Gasteiger partial charge in [0.15, 0.2) is 0 Å². The maximum absolute atomic E-state index is 11.4. The first-order valence-corrected chi connectivity index (χ1v) is 9.61. The van der Waals surface area contributed by atoms with Crippen molar-refractivity contribution in [2.75, 3.05) is 0 Å². The summed E-state index contributed by atoms with van der Waals surface area (Å²) in [6, 6.07) is 0. The molecule has 1 aliphatic rings. The SMILES string of the molecule is C=C1OC(=O)/C(=C/CCCCC=CCCCCCCCCC)[C@@H]1O. The zero-order valence-corrected chi connectivity index (χ0v) is 15.3. The van der Waals surface area contributed by atoms with Gasteiger partial charge in [0, 0.05) is 0 Å². The van der Waals surface area contributed by atoms with E-state index in [9.17, 15) is 9.90 Å². The van der Waals surface area contributed by atoms with Crippen LogP contribution >= 0.6 is 0 Å². The lowest BCUT2D eigenvalue weighted by molar-refractivity contribution is -0.132. The lowest BCUT2D eigenvalue weighted by atomic mass is 10.1. The number of aliphatic hydroxyl groups excluding tert-OH is 1. The van der Waals surface area contributed by atoms with Crippen molar-refractivity contribution in [3.63, 3.8) is 0 Å². The van der Waals surface area contributed by atoms with Gasteiger partial charge in [0.2, 0.25) is 0 Å². The van der Waals surface area contributed by atoms with Gasteiger partial charge < -0.3 is 9.84 Å². The molecule has 0 unspecified atom stereocenters. The average Bonchev–Trinajstić information content (AvgIpc) is 2.81. The number of carbonyl (C=O) groups is 1. The third kappa shape index (κ3) is 8.49. The lowest BCUT2D eigenvalue weighted by Gasteiger charge is -2.00. The van der Waals surface area contributed by atoms with Crippen LogP contribution < -0.4 is 0 Å². The minimum absolute atomic E-state index is 0.138. The third-order valence-electron chi connectivity index (χ3n) is 4.39. The fourth-order valence-corrected chi connectivity index (χ4v) is 2.83. The van der Waals surface area contributed by atoms with E-state index >= 15 is 0 Å². The highest BCUT2D eigenvalue weighted by molar-refractivity contribution is 5.93. The van der Waals surface area contributed by atoms with Gasteiger partial charge in [-0.3, -0.25) is 0 Å². The molecule has 0 aromatic heterocycles. The van der Waals surface area contributed by atoms with Crippen molar-refractivity contribution >= 4 is 5.97 Å². The standard InChI is InChI=1S/C21H34O3/c1-3-4-5-6-7-8-9-10-11-12-13-14-15-16-17-19-20(22)18(2)24-21(19)23/h11-12,17,20,22H,2-10,13-16H2,1H3/b12-11?,19-17+/t20-/m1/s1. The van der Waals surface area contributed by atoms with Crippen LogP contribution in [0.5, 0.6) is 0 Å². The second-order valence-electron chi connectivity index (χ2n) is 6.58. The number of esters is 1. The summed E-state index contributed by atoms with van der Waals surface area (Å²) in [6.07, 6.45) is 20.1. The lowest BCUT2D eigenvalue weighted by Crippen LogP contribution is -2.07. The summed E-state index contributed by atoms with van der Waals surface area (Å²) in [5.74, 6) is -0.318. The largest absolute Gasteiger partial charge is 0.425 e. The number of cyclic esters (lactones) is 1. The Hall–Kier alpha value is -1.35. The monoisotopic (exact) mass is 334 g/mol. The van der Waals surface area contributed by atoms with Gasteiger partial charge >= 0.3 is 5.97 Å². The summed E-state index contributed by atoms with van der Waals surface area (Å²) in [6.45, 7) is 5.77. The molecule has 136 valence electrons. The predicted octanol–water partition coefficient (Wildman–Crippen LogP) is 5.60. The summed E-state index contributed by atoms with van der Waals surface area (Å²) in [7, 11) is 0. The van der Waals surface area contributed by atoms with Crippen LogP contribution in [0.15, 0.2) is 36.1 Å². The van der Waals surface area contributed by atoms with Crippen molar-refractivity contribution in [3.05, 3.63) is 36.1 Å². The summed E-state index contributed by atoms with van der Waals surface area (Å²) >= 11 is 0. The van der Waals surface area contributed by atoms with E-state index < -0.39 is 12.1 Å². The summed E-state index contributed by atoms with van der Waals surface area (Å²) in [5, 5.41) is 9.71. The first kappa shape index (κ1) is 20.7. The first-order valence-electron chi connectivity index (χ1n) is 9.61. The van der Waals surface area contributed by atoms with Gasteiger partial charge in [0.1, 0.15) is 11.9 Å². The van der Waals surface area contributed by atoms with Crippen LogP contribution in [0.2, 0.25) is 0 Å². The van der Waals surface area contributed by atoms with Crippen LogP contribution in [0.4, 0.5) is 0 Å². The molecule has 0 radical (unpaired) electrons. The molecule has 1 rings (SSSR count). The zero-order valence-electron chi connectivity index (χ0n) is 15.3. The highest BCUT2D eigenvalue weighted by atomic mass is 16.6. The summed E-state index contributed by atoms with van der Waals surface area (Å²) < 4.78 is 4.79. The van der Waals surface area contributed by atoms with Crippen LogP contribution in [0.3, 0.4) is 0 Å². The van der Waals surface area contributed by atoms with Gasteiger partial charge in [0.25, 0.3) is 0 Å². The molecule has 1 N–H and O–H groups in total. The number of carbonyl (C=O) groups excluding carboxylic acids is 1. The van der Waals surface area contributed by atoms with E-state index in [1.807, 2.05) is 0 Å². The summed E-state index contributed by atoms with van der Waals surface area (Å²) in [5.41, 5.74) is 0.342. The van der Waals surface area contributed by atoms with E-state index in [-0.39, 0.29) is 5.76 Å². The second-order valence-corrected chi connectivity index (χ2v) is 6.58. The van der Waals surface area contributed by atoms with E-state index in [0.29, 0.717) is 5.57 Å². The molecule has 0 aromatic carbocycles. The fourth-order valence-electron chi connectivity index (χ4n) is 2.83. The maximum atomic E-state index is 11.4. The Labute approximate surface area is 147 Å². The van der Waals surface area contributed by atoms with Crippen molar-refractivity contribution in [3.8, 4) is 0 Å². The molecule has 0 amide bonds. The van der Waals surface area contributed by atoms with Crippen molar-refractivity contribution in [2.24, 2.45) is 0 Å². The highest BCUT2D eigenvalue weighted by Gasteiger charge is 2.32. The normalized spacial score (nSPS) is 19.6. The fraction of sp³-hybridized carbons (Fsp3) is 0.667. The number of ether oxygens (including phenoxy) is 1.